The van der Waals surface area contributed by atoms with Crippen molar-refractivity contribution in [1.29, 1.82) is 5.41 Å². The Hall–Kier alpha value is -2.18. The fourth-order valence-electron chi connectivity index (χ4n) is 1.78. The van der Waals surface area contributed by atoms with Gasteiger partial charge in [-0.15, -0.1) is 0 Å². The molecule has 2 rings (SSSR count). The SMILES string of the molecule is N=C(N)C(NS(=O)(=O)c1ccccc1)c1ccccc1. The predicted molar refractivity (Wildman–Crippen MR) is 77.9 cm³/mol. The van der Waals surface area contributed by atoms with Crippen LogP contribution < -0.4 is 10.5 Å². The van der Waals surface area contributed by atoms with Crippen molar-refractivity contribution in [2.75, 3.05) is 0 Å². The van der Waals surface area contributed by atoms with E-state index >= 15 is 0 Å². The maximum Gasteiger partial charge on any atom is 0.241 e. The van der Waals surface area contributed by atoms with E-state index in [9.17, 15) is 8.42 Å². The van der Waals surface area contributed by atoms with Gasteiger partial charge in [0.2, 0.25) is 10.0 Å². The van der Waals surface area contributed by atoms with Gasteiger partial charge in [0.1, 0.15) is 11.9 Å². The minimum atomic E-state index is -3.72. The number of nitrogens with one attached hydrogen (secondary N) is 2. The number of hydrogen-bond donors (Lipinski definition) is 3. The van der Waals surface area contributed by atoms with Crippen LogP contribution in [-0.2, 0) is 10.0 Å². The van der Waals surface area contributed by atoms with Gasteiger partial charge >= 0.3 is 0 Å². The average molecular weight is 289 g/mol. The van der Waals surface area contributed by atoms with Gasteiger partial charge in [-0.2, -0.15) is 4.72 Å². The van der Waals surface area contributed by atoms with Crippen molar-refractivity contribution >= 4 is 15.9 Å². The normalized spacial score (nSPS) is 12.8. The lowest BCUT2D eigenvalue weighted by atomic mass is 10.1. The molecule has 4 N–H and O–H groups in total. The van der Waals surface area contributed by atoms with Gasteiger partial charge in [-0.1, -0.05) is 48.5 Å². The molecule has 104 valence electrons. The summed E-state index contributed by atoms with van der Waals surface area (Å²) < 4.78 is 27.0. The molecular weight excluding hydrogens is 274 g/mol. The highest BCUT2D eigenvalue weighted by molar-refractivity contribution is 7.89. The number of amidine groups is 1. The number of sulfonamides is 1. The van der Waals surface area contributed by atoms with Crippen LogP contribution in [0.4, 0.5) is 0 Å². The third kappa shape index (κ3) is 3.23. The molecule has 2 aromatic rings. The molecule has 2 aromatic carbocycles. The van der Waals surface area contributed by atoms with Gasteiger partial charge in [-0.05, 0) is 17.7 Å². The molecule has 0 spiro atoms. The maximum absolute atomic E-state index is 12.3. The third-order valence-electron chi connectivity index (χ3n) is 2.77. The molecule has 0 fully saturated rings. The lowest BCUT2D eigenvalue weighted by Crippen LogP contribution is -2.37. The largest absolute Gasteiger partial charge is 0.386 e. The Labute approximate surface area is 118 Å². The van der Waals surface area contributed by atoms with E-state index in [1.165, 1.54) is 12.1 Å². The monoisotopic (exact) mass is 289 g/mol. The Bertz CT molecular complexity index is 685. The summed E-state index contributed by atoms with van der Waals surface area (Å²) in [7, 11) is -3.72. The van der Waals surface area contributed by atoms with Crippen LogP contribution in [0, 0.1) is 5.41 Å². The number of nitrogens with two attached hydrogens (primary N) is 1. The van der Waals surface area contributed by atoms with Crippen molar-refractivity contribution in [3.8, 4) is 0 Å². The fraction of sp³-hybridized carbons (Fsp3) is 0.0714. The first-order valence-corrected chi connectivity index (χ1v) is 7.45. The first-order chi connectivity index (χ1) is 9.50. The number of benzene rings is 2. The Morgan fingerprint density at radius 3 is 2.00 bits per heavy atom. The van der Waals surface area contributed by atoms with E-state index in [-0.39, 0.29) is 10.7 Å². The van der Waals surface area contributed by atoms with E-state index in [2.05, 4.69) is 4.72 Å². The van der Waals surface area contributed by atoms with Gasteiger partial charge < -0.3 is 5.73 Å². The zero-order chi connectivity index (χ0) is 14.6. The molecular formula is C14H15N3O2S. The fourth-order valence-corrected chi connectivity index (χ4v) is 3.00. The number of hydrogen-bond acceptors (Lipinski definition) is 3. The van der Waals surface area contributed by atoms with Crippen LogP contribution in [0.15, 0.2) is 65.6 Å². The summed E-state index contributed by atoms with van der Waals surface area (Å²) >= 11 is 0. The van der Waals surface area contributed by atoms with Crippen LogP contribution in [0.5, 0.6) is 0 Å². The summed E-state index contributed by atoms with van der Waals surface area (Å²) in [6.45, 7) is 0. The molecule has 0 saturated carbocycles. The van der Waals surface area contributed by atoms with Gasteiger partial charge in [-0.3, -0.25) is 5.41 Å². The highest BCUT2D eigenvalue weighted by Gasteiger charge is 2.23. The molecule has 0 aliphatic rings. The highest BCUT2D eigenvalue weighted by atomic mass is 32.2. The van der Waals surface area contributed by atoms with Crippen molar-refractivity contribution in [1.82, 2.24) is 4.72 Å². The minimum absolute atomic E-state index is 0.141. The third-order valence-corrected chi connectivity index (χ3v) is 4.21. The Morgan fingerprint density at radius 1 is 1.00 bits per heavy atom. The molecule has 0 aromatic heterocycles. The molecule has 0 saturated heterocycles. The summed E-state index contributed by atoms with van der Waals surface area (Å²) in [6, 6.07) is 15.9. The smallest absolute Gasteiger partial charge is 0.241 e. The van der Waals surface area contributed by atoms with Crippen LogP contribution in [0.1, 0.15) is 11.6 Å². The molecule has 0 aliphatic carbocycles. The van der Waals surface area contributed by atoms with E-state index in [0.29, 0.717) is 5.56 Å². The zero-order valence-corrected chi connectivity index (χ0v) is 11.5. The first kappa shape index (κ1) is 14.2. The van der Waals surface area contributed by atoms with Crippen molar-refractivity contribution in [3.05, 3.63) is 66.2 Å². The second-order valence-corrected chi connectivity index (χ2v) is 5.95. The van der Waals surface area contributed by atoms with E-state index in [0.717, 1.165) is 0 Å². The van der Waals surface area contributed by atoms with E-state index in [1.54, 1.807) is 42.5 Å². The van der Waals surface area contributed by atoms with Crippen molar-refractivity contribution in [3.63, 3.8) is 0 Å². The predicted octanol–water partition coefficient (Wildman–Crippen LogP) is 1.64. The van der Waals surface area contributed by atoms with Crippen LogP contribution in [0.2, 0.25) is 0 Å². The van der Waals surface area contributed by atoms with Gasteiger partial charge in [0.15, 0.2) is 0 Å². The van der Waals surface area contributed by atoms with Gasteiger partial charge in [-0.25, -0.2) is 8.42 Å². The zero-order valence-electron chi connectivity index (χ0n) is 10.7. The van der Waals surface area contributed by atoms with Crippen LogP contribution in [0.3, 0.4) is 0 Å². The van der Waals surface area contributed by atoms with E-state index in [1.807, 2.05) is 6.07 Å². The van der Waals surface area contributed by atoms with Crippen molar-refractivity contribution < 1.29 is 8.42 Å². The molecule has 20 heavy (non-hydrogen) atoms. The molecule has 1 unspecified atom stereocenters. The van der Waals surface area contributed by atoms with Gasteiger partial charge in [0.25, 0.3) is 0 Å². The standard InChI is InChI=1S/C14H15N3O2S/c15-14(16)13(11-7-3-1-4-8-11)17-20(18,19)12-9-5-2-6-10-12/h1-10,13,17H,(H3,15,16). The molecule has 6 heteroatoms. The second-order valence-electron chi connectivity index (χ2n) is 4.23. The Kier molecular flexibility index (Phi) is 4.16. The quantitative estimate of drug-likeness (QED) is 0.576. The maximum atomic E-state index is 12.3. The Balaban J connectivity index is 2.33. The summed E-state index contributed by atoms with van der Waals surface area (Å²) in [5, 5.41) is 7.58. The summed E-state index contributed by atoms with van der Waals surface area (Å²) in [6.07, 6.45) is 0. The van der Waals surface area contributed by atoms with Crippen LogP contribution in [-0.4, -0.2) is 14.3 Å². The summed E-state index contributed by atoms with van der Waals surface area (Å²) in [4.78, 5) is 0.141. The number of rotatable bonds is 5. The Morgan fingerprint density at radius 2 is 1.50 bits per heavy atom. The average Bonchev–Trinajstić information content (AvgIpc) is 2.46. The molecule has 0 aliphatic heterocycles. The topological polar surface area (TPSA) is 96.0 Å². The molecule has 0 bridgehead atoms. The summed E-state index contributed by atoms with van der Waals surface area (Å²) in [5.74, 6) is -0.254. The highest BCUT2D eigenvalue weighted by Crippen LogP contribution is 2.16. The van der Waals surface area contributed by atoms with Crippen LogP contribution in [0.25, 0.3) is 0 Å². The molecule has 0 amide bonds. The molecule has 5 nitrogen and oxygen atoms in total. The van der Waals surface area contributed by atoms with Gasteiger partial charge in [0.05, 0.1) is 4.90 Å². The summed E-state index contributed by atoms with van der Waals surface area (Å²) in [5.41, 5.74) is 6.13. The lowest BCUT2D eigenvalue weighted by molar-refractivity contribution is 0.576. The lowest BCUT2D eigenvalue weighted by Gasteiger charge is -2.17. The minimum Gasteiger partial charge on any atom is -0.386 e. The van der Waals surface area contributed by atoms with Crippen molar-refractivity contribution in [2.24, 2.45) is 5.73 Å². The second kappa shape index (κ2) is 5.85. The van der Waals surface area contributed by atoms with Crippen LogP contribution >= 0.6 is 0 Å². The molecule has 1 atom stereocenters. The first-order valence-electron chi connectivity index (χ1n) is 5.97. The van der Waals surface area contributed by atoms with Gasteiger partial charge in [0, 0.05) is 0 Å². The van der Waals surface area contributed by atoms with E-state index < -0.39 is 16.1 Å². The molecule has 0 heterocycles. The van der Waals surface area contributed by atoms with E-state index in [4.69, 9.17) is 11.1 Å². The van der Waals surface area contributed by atoms with Crippen molar-refractivity contribution in [2.45, 2.75) is 10.9 Å². The molecule has 0 radical (unpaired) electrons.